The summed E-state index contributed by atoms with van der Waals surface area (Å²) in [5, 5.41) is 3.56. The predicted octanol–water partition coefficient (Wildman–Crippen LogP) is 12.5. The first kappa shape index (κ1) is 39.1. The van der Waals surface area contributed by atoms with Gasteiger partial charge in [0.15, 0.2) is 0 Å². The number of halogens is 1. The van der Waals surface area contributed by atoms with Gasteiger partial charge >= 0.3 is 0 Å². The van der Waals surface area contributed by atoms with E-state index in [2.05, 4.69) is 123 Å². The van der Waals surface area contributed by atoms with E-state index in [1.807, 2.05) is 67.0 Å². The van der Waals surface area contributed by atoms with E-state index in [4.69, 9.17) is 9.97 Å². The van der Waals surface area contributed by atoms with E-state index in [1.54, 1.807) is 11.3 Å². The smallest absolute Gasteiger partial charge is 0.123 e. The third-order valence-corrected chi connectivity index (χ3v) is 13.0. The monoisotopic (exact) mass is 945 g/mol. The topological polar surface area (TPSA) is 43.6 Å². The Hall–Kier alpha value is -5.11. The maximum absolute atomic E-state index is 13.7. The standard InChI is InChI=1S/C34H25FN3S.C14H16NSi.Ir/c1-34(2,3)22-13-17-24(18-14-22)38-29-10-5-4-9-28(29)37-32(38)27-8-6-7-26-30-25(21-11-15-23(35)16-12-21)19-20-36-33(30)39-31(26)27;1-16(2,3)13-9-10-14(15-11-13)12-7-5-4-6-8-12;/h4-7,9-20H,1-3H3;4-7,9-11H,1-3H3;/q2*-1;. The normalized spacial score (nSPS) is 11.7. The van der Waals surface area contributed by atoms with Gasteiger partial charge in [-0.2, -0.15) is 11.3 Å². The van der Waals surface area contributed by atoms with E-state index >= 15 is 0 Å². The predicted molar refractivity (Wildman–Crippen MR) is 232 cm³/mol. The minimum atomic E-state index is -1.23. The van der Waals surface area contributed by atoms with Crippen molar-refractivity contribution in [3.05, 3.63) is 163 Å². The number of hydrogen-bond donors (Lipinski definition) is 0. The molecule has 0 spiro atoms. The zero-order valence-electron chi connectivity index (χ0n) is 32.2. The van der Waals surface area contributed by atoms with Gasteiger partial charge in [-0.05, 0) is 80.2 Å². The largest absolute Gasteiger partial charge is 0.333 e. The van der Waals surface area contributed by atoms with E-state index in [9.17, 15) is 4.39 Å². The molecule has 0 atom stereocenters. The van der Waals surface area contributed by atoms with Crippen LogP contribution in [0.5, 0.6) is 0 Å². The van der Waals surface area contributed by atoms with Crippen molar-refractivity contribution >= 4 is 55.9 Å². The van der Waals surface area contributed by atoms with Gasteiger partial charge in [0.1, 0.15) is 10.6 Å². The van der Waals surface area contributed by atoms with Gasteiger partial charge in [0, 0.05) is 43.6 Å². The van der Waals surface area contributed by atoms with Crippen molar-refractivity contribution in [3.8, 4) is 39.5 Å². The number of rotatable bonds is 5. The fraction of sp³-hybridized carbons (Fsp3) is 0.146. The number of imidazole rings is 1. The Kier molecular flexibility index (Phi) is 11.0. The molecule has 4 heterocycles. The van der Waals surface area contributed by atoms with Crippen molar-refractivity contribution in [1.29, 1.82) is 0 Å². The zero-order valence-corrected chi connectivity index (χ0v) is 36.4. The SMILES string of the molecule is CC(C)(C)c1ccc(-n2c(-c3[c-]ccc4c3sc3nccc(-c5ccc(F)cc5)c34)nc3ccccc32)cc1.C[Si](C)(C)c1ccc(-c2[c-]cccc2)nc1.[Ir]. The molecular formula is C48H41FIrN4SSi-2. The molecule has 56 heavy (non-hydrogen) atoms. The molecule has 0 aliphatic heterocycles. The average Bonchev–Trinajstić information content (AvgIpc) is 3.77. The average molecular weight is 945 g/mol. The van der Waals surface area contributed by atoms with Crippen LogP contribution in [0, 0.1) is 17.9 Å². The van der Waals surface area contributed by atoms with Gasteiger partial charge in [-0.3, -0.25) is 4.98 Å². The van der Waals surface area contributed by atoms with Crippen LogP contribution < -0.4 is 5.19 Å². The summed E-state index contributed by atoms with van der Waals surface area (Å²) in [6, 6.07) is 48.7. The van der Waals surface area contributed by atoms with Crippen molar-refractivity contribution in [2.45, 2.75) is 45.8 Å². The molecule has 9 aromatic rings. The molecule has 0 unspecified atom stereocenters. The van der Waals surface area contributed by atoms with E-state index in [1.165, 1.54) is 22.9 Å². The van der Waals surface area contributed by atoms with Crippen LogP contribution in [-0.2, 0) is 25.5 Å². The molecule has 4 aromatic heterocycles. The molecule has 0 saturated carbocycles. The molecule has 9 rings (SSSR count). The van der Waals surface area contributed by atoms with Gasteiger partial charge in [0.05, 0.1) is 24.9 Å². The molecule has 0 saturated heterocycles. The third kappa shape index (κ3) is 7.80. The molecule has 0 amide bonds. The molecule has 0 bridgehead atoms. The second-order valence-electron chi connectivity index (χ2n) is 15.8. The minimum absolute atomic E-state index is 0. The number of benzene rings is 5. The van der Waals surface area contributed by atoms with Crippen molar-refractivity contribution < 1.29 is 24.5 Å². The fourth-order valence-corrected chi connectivity index (χ4v) is 9.01. The number of para-hydroxylation sites is 2. The summed E-state index contributed by atoms with van der Waals surface area (Å²) in [7, 11) is -1.23. The quantitative estimate of drug-likeness (QED) is 0.128. The minimum Gasteiger partial charge on any atom is -0.333 e. The first-order valence-corrected chi connectivity index (χ1v) is 22.8. The Bertz CT molecular complexity index is 2760. The van der Waals surface area contributed by atoms with Crippen LogP contribution in [0.3, 0.4) is 0 Å². The molecule has 8 heteroatoms. The summed E-state index contributed by atoms with van der Waals surface area (Å²) in [6.07, 6.45) is 3.84. The van der Waals surface area contributed by atoms with Gasteiger partial charge in [-0.1, -0.05) is 99.9 Å². The number of pyridine rings is 2. The summed E-state index contributed by atoms with van der Waals surface area (Å²) in [5.74, 6) is 0.603. The Morgan fingerprint density at radius 1 is 0.750 bits per heavy atom. The molecule has 0 aliphatic rings. The van der Waals surface area contributed by atoms with Crippen LogP contribution >= 0.6 is 11.3 Å². The van der Waals surface area contributed by atoms with Crippen LogP contribution in [0.1, 0.15) is 26.3 Å². The maximum atomic E-state index is 13.7. The van der Waals surface area contributed by atoms with Crippen molar-refractivity contribution in [1.82, 2.24) is 19.5 Å². The van der Waals surface area contributed by atoms with E-state index in [0.717, 1.165) is 70.8 Å². The number of nitrogens with zero attached hydrogens (tertiary/aromatic N) is 4. The Morgan fingerprint density at radius 3 is 2.18 bits per heavy atom. The number of hydrogen-bond acceptors (Lipinski definition) is 4. The van der Waals surface area contributed by atoms with Gasteiger partial charge in [0.2, 0.25) is 0 Å². The fourth-order valence-electron chi connectivity index (χ4n) is 6.82. The Morgan fingerprint density at radius 2 is 1.50 bits per heavy atom. The van der Waals surface area contributed by atoms with E-state index in [0.29, 0.717) is 0 Å². The van der Waals surface area contributed by atoms with Gasteiger partial charge in [-0.15, -0.1) is 54.1 Å². The van der Waals surface area contributed by atoms with Crippen molar-refractivity contribution in [2.75, 3.05) is 0 Å². The van der Waals surface area contributed by atoms with Crippen molar-refractivity contribution in [3.63, 3.8) is 0 Å². The van der Waals surface area contributed by atoms with Crippen LogP contribution in [-0.4, -0.2) is 27.6 Å². The first-order valence-electron chi connectivity index (χ1n) is 18.5. The Balaban J connectivity index is 0.000000238. The number of fused-ring (bicyclic) bond motifs is 4. The zero-order chi connectivity index (χ0) is 38.3. The third-order valence-electron chi connectivity index (χ3n) is 9.88. The summed E-state index contributed by atoms with van der Waals surface area (Å²) < 4.78 is 17.0. The molecule has 5 aromatic carbocycles. The van der Waals surface area contributed by atoms with Gasteiger partial charge in [-0.25, -0.2) is 9.37 Å². The molecule has 0 N–H and O–H groups in total. The molecular weight excluding hydrogens is 904 g/mol. The summed E-state index contributed by atoms with van der Waals surface area (Å²) in [5.41, 5.74) is 9.40. The number of thiophene rings is 1. The molecule has 4 nitrogen and oxygen atoms in total. The number of aromatic nitrogens is 4. The second kappa shape index (κ2) is 15.8. The summed E-state index contributed by atoms with van der Waals surface area (Å²) in [6.45, 7) is 13.7. The van der Waals surface area contributed by atoms with Crippen molar-refractivity contribution in [2.24, 2.45) is 0 Å². The second-order valence-corrected chi connectivity index (χ2v) is 21.8. The molecule has 0 aliphatic carbocycles. The summed E-state index contributed by atoms with van der Waals surface area (Å²) in [4.78, 5) is 15.3. The van der Waals surface area contributed by atoms with Crippen LogP contribution in [0.4, 0.5) is 4.39 Å². The van der Waals surface area contributed by atoms with E-state index < -0.39 is 8.07 Å². The molecule has 1 radical (unpaired) electrons. The van der Waals surface area contributed by atoms with Crippen LogP contribution in [0.15, 0.2) is 140 Å². The van der Waals surface area contributed by atoms with Crippen LogP contribution in [0.25, 0.3) is 70.8 Å². The molecule has 0 fully saturated rings. The van der Waals surface area contributed by atoms with Crippen LogP contribution in [0.2, 0.25) is 19.6 Å². The van der Waals surface area contributed by atoms with Gasteiger partial charge in [0.25, 0.3) is 0 Å². The van der Waals surface area contributed by atoms with Gasteiger partial charge < -0.3 is 9.55 Å². The van der Waals surface area contributed by atoms with E-state index in [-0.39, 0.29) is 31.3 Å². The summed E-state index contributed by atoms with van der Waals surface area (Å²) >= 11 is 1.64. The first-order chi connectivity index (χ1) is 26.5. The molecule has 281 valence electrons. The Labute approximate surface area is 346 Å². The maximum Gasteiger partial charge on any atom is 0.123 e.